The fourth-order valence-corrected chi connectivity index (χ4v) is 4.73. The first-order valence-electron chi connectivity index (χ1n) is 11.7. The number of hydrogen-bond donors (Lipinski definition) is 2. The molecule has 2 N–H and O–H groups in total. The number of anilines is 2. The summed E-state index contributed by atoms with van der Waals surface area (Å²) < 4.78 is 6.84. The molecule has 3 aromatic rings. The van der Waals surface area contributed by atoms with Crippen molar-refractivity contribution in [3.05, 3.63) is 70.9 Å². The Kier molecular flexibility index (Phi) is 6.90. The van der Waals surface area contributed by atoms with Gasteiger partial charge in [0.15, 0.2) is 12.2 Å². The summed E-state index contributed by atoms with van der Waals surface area (Å²) in [5, 5.41) is 10.4. The number of halogens is 1. The Balaban J connectivity index is 1.36. The Hall–Kier alpha value is -3.83. The second kappa shape index (κ2) is 10.3. The number of thiocarbonyl (C=S) groups is 1. The fourth-order valence-electron chi connectivity index (χ4n) is 4.17. The van der Waals surface area contributed by atoms with Crippen LogP contribution in [0.25, 0.3) is 0 Å². The van der Waals surface area contributed by atoms with Crippen LogP contribution in [0.1, 0.15) is 35.3 Å². The first kappa shape index (κ1) is 24.8. The predicted octanol–water partition coefficient (Wildman–Crippen LogP) is 2.89. The SMILES string of the molecule is C[n+]1noc(NC(=O)c2ccccc2)c1CN1C(=S)N(C2CC2)C(=O)C1CC(=O)Nc1ccc(Cl)cc1. The number of nitrogens with zero attached hydrogens (tertiary/aromatic N) is 4. The van der Waals surface area contributed by atoms with E-state index in [1.54, 1.807) is 65.4 Å². The van der Waals surface area contributed by atoms with E-state index in [9.17, 15) is 14.4 Å². The molecular weight excluding hydrogens is 516 g/mol. The number of amides is 3. The van der Waals surface area contributed by atoms with Crippen molar-refractivity contribution in [3.8, 4) is 0 Å². The van der Waals surface area contributed by atoms with Crippen LogP contribution in [0, 0.1) is 0 Å². The van der Waals surface area contributed by atoms with Gasteiger partial charge < -0.3 is 10.2 Å². The van der Waals surface area contributed by atoms with Gasteiger partial charge in [0.1, 0.15) is 12.6 Å². The van der Waals surface area contributed by atoms with Crippen molar-refractivity contribution in [1.29, 1.82) is 0 Å². The standard InChI is InChI=1S/C25H23ClN6O4S/c1-30-20(23(36-29-30)28-22(34)15-5-3-2-4-6-15)14-31-19(24(35)32(25(31)37)18-11-12-18)13-21(33)27-17-9-7-16(26)8-10-17/h2-10,18-19H,11-14H2,1H3,(H-,27,28,29,33,34)/p+1. The number of carbonyl (C=O) groups is 3. The van der Waals surface area contributed by atoms with Crippen LogP contribution in [0.2, 0.25) is 5.02 Å². The molecular formula is C25H24ClN6O4S+. The summed E-state index contributed by atoms with van der Waals surface area (Å²) in [5.41, 5.74) is 1.53. The zero-order valence-corrected chi connectivity index (χ0v) is 21.5. The van der Waals surface area contributed by atoms with E-state index in [4.69, 9.17) is 28.3 Å². The first-order chi connectivity index (χ1) is 17.8. The summed E-state index contributed by atoms with van der Waals surface area (Å²) in [5.74, 6) is -0.774. The van der Waals surface area contributed by atoms with Gasteiger partial charge in [-0.3, -0.25) is 29.1 Å². The highest BCUT2D eigenvalue weighted by Gasteiger charge is 2.50. The van der Waals surface area contributed by atoms with Gasteiger partial charge in [0.05, 0.1) is 6.42 Å². The third kappa shape index (κ3) is 5.32. The number of aryl methyl sites for hydroxylation is 1. The highest BCUT2D eigenvalue weighted by Crippen LogP contribution is 2.35. The van der Waals surface area contributed by atoms with Crippen LogP contribution in [-0.2, 0) is 23.2 Å². The monoisotopic (exact) mass is 539 g/mol. The van der Waals surface area contributed by atoms with Gasteiger partial charge in [-0.25, -0.2) is 0 Å². The van der Waals surface area contributed by atoms with Crippen LogP contribution in [-0.4, -0.2) is 50.0 Å². The summed E-state index contributed by atoms with van der Waals surface area (Å²) in [6.45, 7) is 0.108. The van der Waals surface area contributed by atoms with Gasteiger partial charge in [0, 0.05) is 22.3 Å². The number of benzene rings is 2. The van der Waals surface area contributed by atoms with Crippen molar-refractivity contribution in [2.24, 2.45) is 7.05 Å². The highest BCUT2D eigenvalue weighted by atomic mass is 35.5. The van der Waals surface area contributed by atoms with E-state index in [1.165, 1.54) is 4.68 Å². The number of rotatable bonds is 8. The summed E-state index contributed by atoms with van der Waals surface area (Å²) in [7, 11) is 1.67. The largest absolute Gasteiger partial charge is 0.326 e. The predicted molar refractivity (Wildman–Crippen MR) is 139 cm³/mol. The lowest BCUT2D eigenvalue weighted by molar-refractivity contribution is -0.746. The molecule has 2 aromatic carbocycles. The number of carbonyl (C=O) groups excluding carboxylic acids is 3. The minimum Gasteiger partial charge on any atom is -0.326 e. The van der Waals surface area contributed by atoms with Crippen molar-refractivity contribution in [2.45, 2.75) is 37.9 Å². The third-order valence-electron chi connectivity index (χ3n) is 6.26. The van der Waals surface area contributed by atoms with E-state index in [1.807, 2.05) is 6.07 Å². The molecule has 190 valence electrons. The van der Waals surface area contributed by atoms with Gasteiger partial charge in [0.2, 0.25) is 11.2 Å². The number of nitrogens with one attached hydrogen (secondary N) is 2. The van der Waals surface area contributed by atoms with Gasteiger partial charge in [-0.15, -0.1) is 0 Å². The molecule has 1 unspecified atom stereocenters. The summed E-state index contributed by atoms with van der Waals surface area (Å²) in [6, 6.07) is 14.7. The molecule has 10 nitrogen and oxygen atoms in total. The van der Waals surface area contributed by atoms with Gasteiger partial charge in [-0.05, 0) is 66.1 Å². The van der Waals surface area contributed by atoms with E-state index in [0.29, 0.717) is 27.1 Å². The molecule has 2 aliphatic rings. The van der Waals surface area contributed by atoms with E-state index in [0.717, 1.165) is 12.8 Å². The van der Waals surface area contributed by atoms with Crippen LogP contribution < -0.4 is 15.3 Å². The maximum atomic E-state index is 13.4. The fraction of sp³-hybridized carbons (Fsp3) is 0.280. The van der Waals surface area contributed by atoms with Crippen molar-refractivity contribution >= 4 is 58.2 Å². The van der Waals surface area contributed by atoms with E-state index in [-0.39, 0.29) is 42.6 Å². The molecule has 1 saturated carbocycles. The quantitative estimate of drug-likeness (QED) is 0.334. The van der Waals surface area contributed by atoms with Crippen LogP contribution in [0.4, 0.5) is 11.6 Å². The summed E-state index contributed by atoms with van der Waals surface area (Å²) >= 11 is 11.6. The Morgan fingerprint density at radius 1 is 1.14 bits per heavy atom. The highest BCUT2D eigenvalue weighted by molar-refractivity contribution is 7.80. The second-order valence-electron chi connectivity index (χ2n) is 8.92. The molecule has 1 aromatic heterocycles. The van der Waals surface area contributed by atoms with Crippen molar-refractivity contribution in [2.75, 3.05) is 10.6 Å². The molecule has 3 amide bonds. The Morgan fingerprint density at radius 2 is 1.84 bits per heavy atom. The lowest BCUT2D eigenvalue weighted by atomic mass is 10.1. The molecule has 1 aliphatic carbocycles. The zero-order chi connectivity index (χ0) is 26.1. The van der Waals surface area contributed by atoms with Crippen LogP contribution in [0.5, 0.6) is 0 Å². The lowest BCUT2D eigenvalue weighted by Crippen LogP contribution is -2.43. The molecule has 0 bridgehead atoms. The Morgan fingerprint density at radius 3 is 2.51 bits per heavy atom. The normalized spacial score (nSPS) is 17.3. The van der Waals surface area contributed by atoms with E-state index >= 15 is 0 Å². The van der Waals surface area contributed by atoms with Gasteiger partial charge in [-0.2, -0.15) is 0 Å². The molecule has 37 heavy (non-hydrogen) atoms. The maximum absolute atomic E-state index is 13.4. The molecule has 1 aliphatic heterocycles. The molecule has 0 radical (unpaired) electrons. The van der Waals surface area contributed by atoms with Crippen LogP contribution >= 0.6 is 23.8 Å². The average Bonchev–Trinajstić information content (AvgIpc) is 3.62. The lowest BCUT2D eigenvalue weighted by Gasteiger charge is -2.22. The zero-order valence-electron chi connectivity index (χ0n) is 19.9. The first-order valence-corrected chi connectivity index (χ1v) is 12.5. The molecule has 1 atom stereocenters. The minimum absolute atomic E-state index is 0.0419. The summed E-state index contributed by atoms with van der Waals surface area (Å²) in [6.07, 6.45) is 1.62. The van der Waals surface area contributed by atoms with Gasteiger partial charge >= 0.3 is 5.88 Å². The van der Waals surface area contributed by atoms with Crippen molar-refractivity contribution in [1.82, 2.24) is 15.1 Å². The average molecular weight is 540 g/mol. The molecule has 0 spiro atoms. The van der Waals surface area contributed by atoms with Crippen molar-refractivity contribution < 1.29 is 23.6 Å². The Labute approximate surface area is 223 Å². The van der Waals surface area contributed by atoms with Gasteiger partial charge in [-0.1, -0.05) is 29.8 Å². The molecule has 5 rings (SSSR count). The van der Waals surface area contributed by atoms with E-state index < -0.39 is 6.04 Å². The molecule has 12 heteroatoms. The van der Waals surface area contributed by atoms with Crippen molar-refractivity contribution in [3.63, 3.8) is 0 Å². The molecule has 2 fully saturated rings. The number of hydrogen-bond acceptors (Lipinski definition) is 6. The summed E-state index contributed by atoms with van der Waals surface area (Å²) in [4.78, 5) is 42.3. The smallest absolute Gasteiger partial charge is 0.307 e. The van der Waals surface area contributed by atoms with Crippen LogP contribution in [0.15, 0.2) is 59.1 Å². The van der Waals surface area contributed by atoms with E-state index in [2.05, 4.69) is 15.9 Å². The number of aromatic nitrogens is 2. The van der Waals surface area contributed by atoms with Gasteiger partial charge in [0.25, 0.3) is 17.5 Å². The Bertz CT molecular complexity index is 1360. The second-order valence-corrected chi connectivity index (χ2v) is 9.72. The van der Waals surface area contributed by atoms with Crippen LogP contribution in [0.3, 0.4) is 0 Å². The molecule has 2 heterocycles. The third-order valence-corrected chi connectivity index (χ3v) is 6.94. The minimum atomic E-state index is -0.812. The maximum Gasteiger partial charge on any atom is 0.307 e. The topological polar surface area (TPSA) is 112 Å². The molecule has 1 saturated heterocycles.